The Balaban J connectivity index is 0.982. The second kappa shape index (κ2) is 14.1. The van der Waals surface area contributed by atoms with Crippen LogP contribution in [0.25, 0.3) is 22.2 Å². The number of nitrogen functional groups attached to an aromatic ring is 2. The number of carbonyl (C=O) groups excluding carboxylic acids is 1. The van der Waals surface area contributed by atoms with Crippen LogP contribution in [0.3, 0.4) is 0 Å². The van der Waals surface area contributed by atoms with E-state index in [9.17, 15) is 14.7 Å². The van der Waals surface area contributed by atoms with Crippen molar-refractivity contribution in [2.75, 3.05) is 23.8 Å². The van der Waals surface area contributed by atoms with Crippen molar-refractivity contribution in [2.45, 2.75) is 100 Å². The lowest BCUT2D eigenvalue weighted by molar-refractivity contribution is -0.852. The number of esters is 1. The molecule has 60 heavy (non-hydrogen) atoms. The number of carbonyl (C=O) groups is 1. The molecule has 10 heterocycles. The number of nitrogens with one attached hydrogen (secondary N) is 1. The zero-order valence-corrected chi connectivity index (χ0v) is 35.1. The maximum absolute atomic E-state index is 14.8. The third-order valence-corrected chi connectivity index (χ3v) is 16.3. The molecule has 6 N–H and O–H groups in total. The van der Waals surface area contributed by atoms with Gasteiger partial charge in [0.1, 0.15) is 76.6 Å². The normalized spacial score (nSPS) is 31.5. The van der Waals surface area contributed by atoms with Crippen LogP contribution in [0.4, 0.5) is 11.6 Å². The first-order chi connectivity index (χ1) is 29.0. The summed E-state index contributed by atoms with van der Waals surface area (Å²) in [6.45, 7) is 5.21. The number of nitrogens with two attached hydrogens (primary N) is 2. The number of aliphatic imine (C=N–C) groups is 1. The number of fused-ring (bicyclic) bond motifs is 9. The Kier molecular flexibility index (Phi) is 8.97. The number of rotatable bonds is 2. The van der Waals surface area contributed by atoms with Crippen LogP contribution in [0.5, 0.6) is 11.5 Å². The Morgan fingerprint density at radius 3 is 2.72 bits per heavy atom. The molecule has 310 valence electrons. The van der Waals surface area contributed by atoms with Gasteiger partial charge in [0.25, 0.3) is 0 Å². The Labute approximate surface area is 354 Å². The number of phenols is 1. The van der Waals surface area contributed by atoms with E-state index < -0.39 is 23.2 Å². The highest BCUT2D eigenvalue weighted by molar-refractivity contribution is 8.76. The fourth-order valence-corrected chi connectivity index (χ4v) is 13.4. The molecule has 0 radical (unpaired) electrons. The van der Waals surface area contributed by atoms with Gasteiger partial charge in [-0.2, -0.15) is 0 Å². The van der Waals surface area contributed by atoms with Crippen LogP contribution in [0, 0.1) is 18.8 Å². The number of hydrogen-bond acceptors (Lipinski definition) is 14. The number of hydrogen-bond donors (Lipinski definition) is 4. The van der Waals surface area contributed by atoms with Crippen LogP contribution in [0.15, 0.2) is 68.1 Å². The van der Waals surface area contributed by atoms with Crippen molar-refractivity contribution < 1.29 is 33.4 Å². The van der Waals surface area contributed by atoms with Crippen molar-refractivity contribution in [1.29, 1.82) is 0 Å². The molecule has 1 unspecified atom stereocenters. The predicted octanol–water partition coefficient (Wildman–Crippen LogP) is 5.70. The Morgan fingerprint density at radius 1 is 1.03 bits per heavy atom. The Hall–Kier alpha value is -4.83. The monoisotopic (exact) mass is 847 g/mol. The zero-order chi connectivity index (χ0) is 41.1. The molecule has 8 aliphatic rings. The minimum absolute atomic E-state index is 0.00860. The highest BCUT2D eigenvalue weighted by Crippen LogP contribution is 2.60. The van der Waals surface area contributed by atoms with Crippen molar-refractivity contribution >= 4 is 56.4 Å². The molecule has 15 heteroatoms. The van der Waals surface area contributed by atoms with Gasteiger partial charge in [0.15, 0.2) is 11.0 Å². The summed E-state index contributed by atoms with van der Waals surface area (Å²) in [7, 11) is 3.35. The van der Waals surface area contributed by atoms with E-state index in [2.05, 4.69) is 29.4 Å². The van der Waals surface area contributed by atoms with Crippen LogP contribution in [-0.2, 0) is 33.0 Å². The number of nitrogens with zero attached hydrogens (tertiary/aromatic N) is 3. The number of aromatic hydroxyl groups is 1. The topological polar surface area (TPSA) is 193 Å². The minimum atomic E-state index is -1.07. The van der Waals surface area contributed by atoms with Crippen molar-refractivity contribution in [1.82, 2.24) is 9.97 Å². The quantitative estimate of drug-likeness (QED) is 0.109. The number of anilines is 2. The lowest BCUT2D eigenvalue weighted by Gasteiger charge is -2.48. The number of allylic oxidation sites excluding steroid dienone is 1. The number of aryl methyl sites for hydroxylation is 2. The maximum atomic E-state index is 14.8. The van der Waals surface area contributed by atoms with Crippen LogP contribution in [0.2, 0.25) is 0 Å². The number of phenolic OH excluding ortho intramolecular Hbond substituents is 1. The SMILES string of the molecule is Cc1cc(=O)c2c(O)c3c(cc2o1)O[C@@]1(C)CCSSCc2c(cc(C[NH+]4C=C5N=CC=C5C4)nc2N)-c2cc(cc(N)n2)CC[C@H]2O[C@]24C(=O)O[C@@H]1[C@H]3C1CCC4CC1. The van der Waals surface area contributed by atoms with E-state index >= 15 is 0 Å². The summed E-state index contributed by atoms with van der Waals surface area (Å²) in [6, 6.07) is 9.23. The molecule has 13 nitrogen and oxygen atoms in total. The number of ether oxygens (including phenoxy) is 3. The summed E-state index contributed by atoms with van der Waals surface area (Å²) in [5, 5.41) is 12.1. The summed E-state index contributed by atoms with van der Waals surface area (Å²) in [5.74, 6) is 2.13. The number of quaternary nitrogens is 1. The van der Waals surface area contributed by atoms with Crippen molar-refractivity contribution in [2.24, 2.45) is 16.8 Å². The molecule has 1 aliphatic carbocycles. The number of benzene rings is 1. The maximum Gasteiger partial charge on any atom is 0.341 e. The first kappa shape index (κ1) is 38.1. The second-order valence-corrected chi connectivity index (χ2v) is 20.3. The number of epoxide rings is 1. The van der Waals surface area contributed by atoms with Gasteiger partial charge in [0, 0.05) is 70.4 Å². The lowest BCUT2D eigenvalue weighted by atomic mass is 9.65. The van der Waals surface area contributed by atoms with E-state index in [0.29, 0.717) is 66.0 Å². The number of aromatic nitrogens is 2. The molecule has 1 spiro atoms. The average Bonchev–Trinajstić information content (AvgIpc) is 3.55. The highest BCUT2D eigenvalue weighted by atomic mass is 33.1. The molecule has 1 saturated carbocycles. The average molecular weight is 848 g/mol. The van der Waals surface area contributed by atoms with Crippen LogP contribution < -0.4 is 26.5 Å². The van der Waals surface area contributed by atoms with Gasteiger partial charge in [0.2, 0.25) is 0 Å². The lowest BCUT2D eigenvalue weighted by Crippen LogP contribution is -3.04. The fraction of sp³-hybridized carbons (Fsp3) is 0.444. The summed E-state index contributed by atoms with van der Waals surface area (Å²) in [5.41, 5.74) is 18.4. The smallest absolute Gasteiger partial charge is 0.341 e. The van der Waals surface area contributed by atoms with Crippen LogP contribution in [-0.4, -0.2) is 63.0 Å². The molecule has 12 rings (SSSR count). The summed E-state index contributed by atoms with van der Waals surface area (Å²) in [4.78, 5) is 43.7. The van der Waals surface area contributed by atoms with Gasteiger partial charge >= 0.3 is 5.97 Å². The van der Waals surface area contributed by atoms with Crippen molar-refractivity contribution in [3.8, 4) is 22.8 Å². The van der Waals surface area contributed by atoms with Crippen molar-refractivity contribution in [3.63, 3.8) is 0 Å². The van der Waals surface area contributed by atoms with Gasteiger partial charge in [-0.15, -0.1) is 0 Å². The highest BCUT2D eigenvalue weighted by Gasteiger charge is 2.70. The van der Waals surface area contributed by atoms with Crippen LogP contribution >= 0.6 is 21.6 Å². The van der Waals surface area contributed by atoms with E-state index in [4.69, 9.17) is 40.1 Å². The standard InChI is InChI=1S/C45H46N6O7S2/c1-22-13-32(52)38-33(55-22)17-34-39(40(38)53)37-24-4-6-26(7-5-24)45-35(58-45)8-3-23-14-30(50-36(46)15-23)28-16-27(19-51-18-25-9-11-48-31(25)20-51)49-42(47)29(28)21-60-59-12-10-44(2,57-34)41(37)56-43(45)54/h9,11,13-17,20,24,26,35,37,41,53H,3-8,10,12,18-19,21H2,1-2H3,(H2,46,50)(H2,47,49)/p+1/t24?,26?,35-,37+,41-,44+,45+/m1/s1. The molecule has 0 amide bonds. The van der Waals surface area contributed by atoms with Gasteiger partial charge in [0.05, 0.1) is 17.5 Å². The molecular formula is C45H47N6O7S2+. The van der Waals surface area contributed by atoms with E-state index in [1.807, 2.05) is 19.2 Å². The fourth-order valence-electron chi connectivity index (χ4n) is 11.0. The van der Waals surface area contributed by atoms with Crippen LogP contribution in [0.1, 0.15) is 79.5 Å². The molecular weight excluding hydrogens is 801 g/mol. The molecule has 3 saturated heterocycles. The summed E-state index contributed by atoms with van der Waals surface area (Å²) < 4.78 is 26.3. The van der Waals surface area contributed by atoms with Gasteiger partial charge in [-0.05, 0) is 88.1 Å². The number of pyridine rings is 2. The van der Waals surface area contributed by atoms with Crippen molar-refractivity contribution in [3.05, 3.63) is 92.2 Å². The summed E-state index contributed by atoms with van der Waals surface area (Å²) >= 11 is 0. The third-order valence-electron chi connectivity index (χ3n) is 14.0. The first-order valence-electron chi connectivity index (χ1n) is 20.9. The molecule has 1 aromatic carbocycles. The zero-order valence-electron chi connectivity index (χ0n) is 33.5. The van der Waals surface area contributed by atoms with Gasteiger partial charge in [-0.3, -0.25) is 14.7 Å². The Morgan fingerprint density at radius 2 is 1.88 bits per heavy atom. The molecule has 6 bridgehead atoms. The van der Waals surface area contributed by atoms with Gasteiger partial charge < -0.3 is 35.2 Å². The van der Waals surface area contributed by atoms with E-state index in [0.717, 1.165) is 66.0 Å². The van der Waals surface area contributed by atoms with E-state index in [1.165, 1.54) is 16.5 Å². The first-order valence-corrected chi connectivity index (χ1v) is 23.4. The molecule has 3 aromatic heterocycles. The van der Waals surface area contributed by atoms with E-state index in [-0.39, 0.29) is 46.1 Å². The predicted molar refractivity (Wildman–Crippen MR) is 231 cm³/mol. The third kappa shape index (κ3) is 6.17. The molecule has 4 aromatic rings. The summed E-state index contributed by atoms with van der Waals surface area (Å²) in [6.07, 6.45) is 9.93. The second-order valence-electron chi connectivity index (χ2n) is 17.7. The largest absolute Gasteiger partial charge is 0.507 e. The molecule has 7 aliphatic heterocycles. The van der Waals surface area contributed by atoms with Gasteiger partial charge in [-0.1, -0.05) is 21.6 Å². The van der Waals surface area contributed by atoms with Gasteiger partial charge in [-0.25, -0.2) is 14.8 Å². The Bertz CT molecular complexity index is 2660. The van der Waals surface area contributed by atoms with E-state index in [1.54, 1.807) is 34.6 Å². The minimum Gasteiger partial charge on any atom is -0.507 e. The molecule has 6 atom stereocenters. The molecule has 4 fully saturated rings.